The SMILES string of the molecule is O=C(NC(CCOc1ccc(F)cc1)Cn1ccnc1-c1ccccc1)c1ccc(I)cc1. The molecule has 1 N–H and O–H groups in total. The predicted molar refractivity (Wildman–Crippen MR) is 135 cm³/mol. The molecule has 168 valence electrons. The van der Waals surface area contributed by atoms with Crippen LogP contribution in [0.4, 0.5) is 4.39 Å². The summed E-state index contributed by atoms with van der Waals surface area (Å²) >= 11 is 2.21. The van der Waals surface area contributed by atoms with E-state index >= 15 is 0 Å². The molecule has 1 atom stereocenters. The molecule has 1 aromatic heterocycles. The Kier molecular flexibility index (Phi) is 7.72. The van der Waals surface area contributed by atoms with Gasteiger partial charge >= 0.3 is 0 Å². The van der Waals surface area contributed by atoms with E-state index in [0.717, 1.165) is 15.0 Å². The van der Waals surface area contributed by atoms with E-state index in [1.165, 1.54) is 12.1 Å². The highest BCUT2D eigenvalue weighted by Gasteiger charge is 2.17. The quantitative estimate of drug-likeness (QED) is 0.275. The van der Waals surface area contributed by atoms with Crippen molar-refractivity contribution in [3.05, 3.63) is 106 Å². The normalized spacial score (nSPS) is 11.7. The van der Waals surface area contributed by atoms with Crippen LogP contribution in [0.1, 0.15) is 16.8 Å². The Hall–Kier alpha value is -3.20. The van der Waals surface area contributed by atoms with Crippen molar-refractivity contribution in [3.63, 3.8) is 0 Å². The number of benzene rings is 3. The summed E-state index contributed by atoms with van der Waals surface area (Å²) in [5.41, 5.74) is 1.61. The molecule has 0 aliphatic carbocycles. The maximum absolute atomic E-state index is 13.1. The van der Waals surface area contributed by atoms with Crippen LogP contribution in [0.3, 0.4) is 0 Å². The van der Waals surface area contributed by atoms with Crippen LogP contribution in [-0.2, 0) is 6.54 Å². The molecule has 4 rings (SSSR count). The van der Waals surface area contributed by atoms with Gasteiger partial charge in [-0.2, -0.15) is 0 Å². The third-order valence-electron chi connectivity index (χ3n) is 5.15. The molecular weight excluding hydrogens is 532 g/mol. The zero-order valence-corrected chi connectivity index (χ0v) is 20.0. The topological polar surface area (TPSA) is 56.1 Å². The van der Waals surface area contributed by atoms with E-state index in [0.29, 0.717) is 30.9 Å². The van der Waals surface area contributed by atoms with Gasteiger partial charge in [-0.05, 0) is 71.1 Å². The molecule has 0 saturated heterocycles. The predicted octanol–water partition coefficient (Wildman–Crippen LogP) is 5.56. The lowest BCUT2D eigenvalue weighted by atomic mass is 10.1. The number of carbonyl (C=O) groups excluding carboxylic acids is 1. The number of rotatable bonds is 9. The Morgan fingerprint density at radius 2 is 1.76 bits per heavy atom. The Morgan fingerprint density at radius 1 is 1.03 bits per heavy atom. The van der Waals surface area contributed by atoms with Crippen LogP contribution < -0.4 is 10.1 Å². The standard InChI is InChI=1S/C26H23FIN3O2/c27-21-8-12-24(13-9-21)33-17-14-23(30-26(32)20-6-10-22(28)11-7-20)18-31-16-15-29-25(31)19-4-2-1-3-5-19/h1-13,15-16,23H,14,17-18H2,(H,30,32). The van der Waals surface area contributed by atoms with Gasteiger partial charge < -0.3 is 14.6 Å². The largest absolute Gasteiger partial charge is 0.494 e. The number of nitrogens with one attached hydrogen (secondary N) is 1. The number of amides is 1. The van der Waals surface area contributed by atoms with Gasteiger partial charge in [0.15, 0.2) is 0 Å². The minimum Gasteiger partial charge on any atom is -0.494 e. The van der Waals surface area contributed by atoms with Gasteiger partial charge in [0.2, 0.25) is 0 Å². The maximum Gasteiger partial charge on any atom is 0.251 e. The average Bonchev–Trinajstić information content (AvgIpc) is 3.29. The summed E-state index contributed by atoms with van der Waals surface area (Å²) in [4.78, 5) is 17.4. The lowest BCUT2D eigenvalue weighted by Gasteiger charge is -2.21. The number of hydrogen-bond acceptors (Lipinski definition) is 3. The molecular formula is C26H23FIN3O2. The number of carbonyl (C=O) groups is 1. The zero-order chi connectivity index (χ0) is 23.0. The first kappa shape index (κ1) is 23.0. The zero-order valence-electron chi connectivity index (χ0n) is 17.8. The van der Waals surface area contributed by atoms with Crippen LogP contribution >= 0.6 is 22.6 Å². The van der Waals surface area contributed by atoms with Gasteiger partial charge in [-0.25, -0.2) is 9.37 Å². The molecule has 0 aliphatic heterocycles. The van der Waals surface area contributed by atoms with Gasteiger partial charge in [0, 0.05) is 40.1 Å². The van der Waals surface area contributed by atoms with Gasteiger partial charge in [0.1, 0.15) is 17.4 Å². The third-order valence-corrected chi connectivity index (χ3v) is 5.87. The maximum atomic E-state index is 13.1. The van der Waals surface area contributed by atoms with Crippen LogP contribution in [0.5, 0.6) is 5.75 Å². The molecule has 4 aromatic rings. The molecule has 0 bridgehead atoms. The van der Waals surface area contributed by atoms with E-state index in [4.69, 9.17) is 4.74 Å². The van der Waals surface area contributed by atoms with Crippen molar-refractivity contribution in [3.8, 4) is 17.1 Å². The van der Waals surface area contributed by atoms with Crippen LogP contribution in [0.2, 0.25) is 0 Å². The molecule has 7 heteroatoms. The first-order valence-electron chi connectivity index (χ1n) is 10.6. The van der Waals surface area contributed by atoms with Crippen molar-refractivity contribution in [2.24, 2.45) is 0 Å². The fraction of sp³-hybridized carbons (Fsp3) is 0.154. The highest BCUT2D eigenvalue weighted by Crippen LogP contribution is 2.18. The molecule has 0 aliphatic rings. The van der Waals surface area contributed by atoms with Gasteiger partial charge in [0.05, 0.1) is 12.6 Å². The molecule has 0 saturated carbocycles. The second-order valence-electron chi connectivity index (χ2n) is 7.54. The first-order chi connectivity index (χ1) is 16.1. The number of ether oxygens (including phenoxy) is 1. The smallest absolute Gasteiger partial charge is 0.251 e. The highest BCUT2D eigenvalue weighted by atomic mass is 127. The summed E-state index contributed by atoms with van der Waals surface area (Å²) in [7, 11) is 0. The van der Waals surface area contributed by atoms with E-state index in [9.17, 15) is 9.18 Å². The number of imidazole rings is 1. The van der Waals surface area contributed by atoms with E-state index in [1.807, 2.05) is 65.4 Å². The number of halogens is 2. The molecule has 0 fully saturated rings. The van der Waals surface area contributed by atoms with E-state index in [-0.39, 0.29) is 17.8 Å². The fourth-order valence-electron chi connectivity index (χ4n) is 3.47. The van der Waals surface area contributed by atoms with Crippen molar-refractivity contribution in [2.45, 2.75) is 19.0 Å². The molecule has 1 heterocycles. The van der Waals surface area contributed by atoms with Crippen molar-refractivity contribution in [2.75, 3.05) is 6.61 Å². The van der Waals surface area contributed by atoms with E-state index < -0.39 is 0 Å². The van der Waals surface area contributed by atoms with Gasteiger partial charge in [-0.3, -0.25) is 4.79 Å². The highest BCUT2D eigenvalue weighted by molar-refractivity contribution is 14.1. The van der Waals surface area contributed by atoms with Crippen molar-refractivity contribution in [1.29, 1.82) is 0 Å². The number of aromatic nitrogens is 2. The third kappa shape index (κ3) is 6.41. The molecule has 3 aromatic carbocycles. The van der Waals surface area contributed by atoms with Gasteiger partial charge in [-0.15, -0.1) is 0 Å². The average molecular weight is 555 g/mol. The summed E-state index contributed by atoms with van der Waals surface area (Å²) in [6, 6.07) is 23.1. The number of hydrogen-bond donors (Lipinski definition) is 1. The van der Waals surface area contributed by atoms with Gasteiger partial charge in [-0.1, -0.05) is 30.3 Å². The Bertz CT molecular complexity index is 1180. The summed E-state index contributed by atoms with van der Waals surface area (Å²) in [5, 5.41) is 3.14. The monoisotopic (exact) mass is 555 g/mol. The van der Waals surface area contributed by atoms with Crippen molar-refractivity contribution in [1.82, 2.24) is 14.9 Å². The van der Waals surface area contributed by atoms with Crippen molar-refractivity contribution >= 4 is 28.5 Å². The molecule has 1 unspecified atom stereocenters. The summed E-state index contributed by atoms with van der Waals surface area (Å²) < 4.78 is 22.0. The summed E-state index contributed by atoms with van der Waals surface area (Å²) in [6.07, 6.45) is 4.24. The first-order valence-corrected chi connectivity index (χ1v) is 11.7. The van der Waals surface area contributed by atoms with Crippen LogP contribution in [0, 0.1) is 9.39 Å². The Balaban J connectivity index is 1.48. The minimum atomic E-state index is -0.307. The molecule has 0 radical (unpaired) electrons. The molecule has 0 spiro atoms. The number of nitrogens with zero attached hydrogens (tertiary/aromatic N) is 2. The van der Waals surface area contributed by atoms with Crippen molar-refractivity contribution < 1.29 is 13.9 Å². The second-order valence-corrected chi connectivity index (χ2v) is 8.78. The Morgan fingerprint density at radius 3 is 2.48 bits per heavy atom. The van der Waals surface area contributed by atoms with E-state index in [1.54, 1.807) is 18.3 Å². The summed E-state index contributed by atoms with van der Waals surface area (Å²) in [5.74, 6) is 0.980. The second kappa shape index (κ2) is 11.1. The van der Waals surface area contributed by atoms with Crippen LogP contribution in [0.15, 0.2) is 91.3 Å². The van der Waals surface area contributed by atoms with E-state index in [2.05, 4.69) is 32.9 Å². The molecule has 5 nitrogen and oxygen atoms in total. The lowest BCUT2D eigenvalue weighted by Crippen LogP contribution is -2.39. The Labute approximate surface area is 205 Å². The van der Waals surface area contributed by atoms with Gasteiger partial charge in [0.25, 0.3) is 5.91 Å². The van der Waals surface area contributed by atoms with Crippen LogP contribution in [-0.4, -0.2) is 28.1 Å². The van der Waals surface area contributed by atoms with Crippen LogP contribution in [0.25, 0.3) is 11.4 Å². The minimum absolute atomic E-state index is 0.139. The summed E-state index contributed by atoms with van der Waals surface area (Å²) in [6.45, 7) is 0.908. The lowest BCUT2D eigenvalue weighted by molar-refractivity contribution is 0.0926. The fourth-order valence-corrected chi connectivity index (χ4v) is 3.83. The molecule has 1 amide bonds. The molecule has 33 heavy (non-hydrogen) atoms.